The monoisotopic (exact) mass is 178 g/mol. The van der Waals surface area contributed by atoms with Gasteiger partial charge in [-0.2, -0.15) is 0 Å². The third-order valence-electron chi connectivity index (χ3n) is 1.51. The van der Waals surface area contributed by atoms with Crippen LogP contribution in [0, 0.1) is 0 Å². The van der Waals surface area contributed by atoms with E-state index in [1.807, 2.05) is 13.8 Å². The molecular weight excluding hydrogens is 168 g/mol. The van der Waals surface area contributed by atoms with Crippen molar-refractivity contribution in [3.63, 3.8) is 0 Å². The van der Waals surface area contributed by atoms with Crippen molar-refractivity contribution in [3.05, 3.63) is 18.7 Å². The normalized spacial score (nSPS) is 11.0. The van der Waals surface area contributed by atoms with E-state index in [2.05, 4.69) is 15.1 Å². The molecule has 0 aromatic carbocycles. The van der Waals surface area contributed by atoms with Gasteiger partial charge in [0.05, 0.1) is 11.6 Å². The Morgan fingerprint density at radius 3 is 3.00 bits per heavy atom. The van der Waals surface area contributed by atoms with Crippen LogP contribution in [0.4, 0.5) is 0 Å². The molecule has 0 atom stereocenters. The summed E-state index contributed by atoms with van der Waals surface area (Å²) in [6, 6.07) is 0. The first-order valence-corrected chi connectivity index (χ1v) is 4.08. The summed E-state index contributed by atoms with van der Waals surface area (Å²) in [6.45, 7) is 3.88. The number of hydrogen-bond acceptors (Lipinski definition) is 4. The van der Waals surface area contributed by atoms with Gasteiger partial charge >= 0.3 is 0 Å². The van der Waals surface area contributed by atoms with Crippen molar-refractivity contribution in [2.45, 2.75) is 20.0 Å². The molecule has 0 saturated carbocycles. The Labute approximate surface area is 75.3 Å². The van der Waals surface area contributed by atoms with E-state index >= 15 is 0 Å². The van der Waals surface area contributed by atoms with Crippen LogP contribution in [0.3, 0.4) is 0 Å². The van der Waals surface area contributed by atoms with Crippen LogP contribution in [0.1, 0.15) is 13.8 Å². The highest BCUT2D eigenvalue weighted by molar-refractivity contribution is 5.72. The molecule has 5 heteroatoms. The highest BCUT2D eigenvalue weighted by atomic mass is 16.7. The summed E-state index contributed by atoms with van der Waals surface area (Å²) in [4.78, 5) is 14.7. The maximum atomic E-state index is 5.38. The topological polar surface area (TPSA) is 52.8 Å². The van der Waals surface area contributed by atoms with Gasteiger partial charge < -0.3 is 4.84 Å². The van der Waals surface area contributed by atoms with Crippen molar-refractivity contribution in [2.24, 2.45) is 0 Å². The summed E-state index contributed by atoms with van der Waals surface area (Å²) in [6.07, 6.45) is 4.94. The SMILES string of the molecule is CC(C)On1ncc2cncnc21. The Bertz CT molecular complexity index is 409. The molecule has 0 unspecified atom stereocenters. The van der Waals surface area contributed by atoms with Crippen LogP contribution in [0.2, 0.25) is 0 Å². The number of rotatable bonds is 2. The zero-order valence-corrected chi connectivity index (χ0v) is 7.51. The predicted octanol–water partition coefficient (Wildman–Crippen LogP) is 0.663. The fourth-order valence-corrected chi connectivity index (χ4v) is 1.03. The van der Waals surface area contributed by atoms with Gasteiger partial charge in [0.15, 0.2) is 0 Å². The number of fused-ring (bicyclic) bond motifs is 1. The average Bonchev–Trinajstić information content (AvgIpc) is 2.48. The second-order valence-electron chi connectivity index (χ2n) is 2.97. The van der Waals surface area contributed by atoms with Gasteiger partial charge in [0.1, 0.15) is 12.4 Å². The standard InChI is InChI=1S/C8H10N4O/c1-6(2)13-12-8-7(4-11-12)3-9-5-10-8/h3-6H,1-2H3. The van der Waals surface area contributed by atoms with Crippen molar-refractivity contribution >= 4 is 11.0 Å². The van der Waals surface area contributed by atoms with Crippen molar-refractivity contribution in [1.29, 1.82) is 0 Å². The van der Waals surface area contributed by atoms with Gasteiger partial charge in [-0.1, -0.05) is 4.85 Å². The molecule has 0 fully saturated rings. The van der Waals surface area contributed by atoms with Gasteiger partial charge in [-0.25, -0.2) is 9.97 Å². The van der Waals surface area contributed by atoms with Crippen LogP contribution < -0.4 is 4.84 Å². The molecule has 0 aliphatic rings. The van der Waals surface area contributed by atoms with Crippen molar-refractivity contribution < 1.29 is 4.84 Å². The highest BCUT2D eigenvalue weighted by Gasteiger charge is 2.04. The fraction of sp³-hybridized carbons (Fsp3) is 0.375. The molecule has 0 saturated heterocycles. The van der Waals surface area contributed by atoms with E-state index in [0.717, 1.165) is 5.39 Å². The molecule has 0 bridgehead atoms. The Morgan fingerprint density at radius 2 is 2.23 bits per heavy atom. The molecule has 5 nitrogen and oxygen atoms in total. The zero-order valence-electron chi connectivity index (χ0n) is 7.51. The Morgan fingerprint density at radius 1 is 1.38 bits per heavy atom. The van der Waals surface area contributed by atoms with Gasteiger partial charge in [0, 0.05) is 6.20 Å². The zero-order chi connectivity index (χ0) is 9.26. The highest BCUT2D eigenvalue weighted by Crippen LogP contribution is 2.06. The number of hydrogen-bond donors (Lipinski definition) is 0. The second kappa shape index (κ2) is 3.01. The molecular formula is C8H10N4O. The van der Waals surface area contributed by atoms with Crippen LogP contribution in [0.15, 0.2) is 18.7 Å². The largest absolute Gasteiger partial charge is 0.392 e. The molecule has 2 rings (SSSR count). The smallest absolute Gasteiger partial charge is 0.201 e. The summed E-state index contributed by atoms with van der Waals surface area (Å²) in [5, 5.41) is 4.91. The molecule has 0 aliphatic carbocycles. The molecule has 2 aromatic heterocycles. The van der Waals surface area contributed by atoms with Crippen LogP contribution in [-0.2, 0) is 0 Å². The molecule has 0 radical (unpaired) electrons. The molecule has 0 spiro atoms. The average molecular weight is 178 g/mol. The van der Waals surface area contributed by atoms with Crippen LogP contribution in [-0.4, -0.2) is 26.0 Å². The fourth-order valence-electron chi connectivity index (χ4n) is 1.03. The molecule has 68 valence electrons. The van der Waals surface area contributed by atoms with Crippen molar-refractivity contribution in [1.82, 2.24) is 19.9 Å². The summed E-state index contributed by atoms with van der Waals surface area (Å²) < 4.78 is 0. The lowest BCUT2D eigenvalue weighted by Gasteiger charge is -2.07. The minimum Gasteiger partial charge on any atom is -0.392 e. The van der Waals surface area contributed by atoms with Crippen LogP contribution in [0.5, 0.6) is 0 Å². The van der Waals surface area contributed by atoms with E-state index in [1.165, 1.54) is 11.2 Å². The van der Waals surface area contributed by atoms with E-state index < -0.39 is 0 Å². The van der Waals surface area contributed by atoms with Gasteiger partial charge in [-0.3, -0.25) is 0 Å². The van der Waals surface area contributed by atoms with E-state index in [-0.39, 0.29) is 6.10 Å². The Hall–Kier alpha value is -1.65. The first-order chi connectivity index (χ1) is 6.27. The molecule has 0 N–H and O–H groups in total. The predicted molar refractivity (Wildman–Crippen MR) is 47.0 cm³/mol. The minimum absolute atomic E-state index is 0.0815. The molecule has 2 aromatic rings. The number of nitrogens with zero attached hydrogens (tertiary/aromatic N) is 4. The summed E-state index contributed by atoms with van der Waals surface area (Å²) in [5.74, 6) is 0. The molecule has 0 aliphatic heterocycles. The summed E-state index contributed by atoms with van der Waals surface area (Å²) in [7, 11) is 0. The summed E-state index contributed by atoms with van der Waals surface area (Å²) in [5.41, 5.74) is 0.698. The van der Waals surface area contributed by atoms with Gasteiger partial charge in [-0.05, 0) is 13.8 Å². The molecule has 2 heterocycles. The molecule has 13 heavy (non-hydrogen) atoms. The Balaban J connectivity index is 2.46. The third-order valence-corrected chi connectivity index (χ3v) is 1.51. The quantitative estimate of drug-likeness (QED) is 0.678. The van der Waals surface area contributed by atoms with E-state index in [1.54, 1.807) is 12.4 Å². The second-order valence-corrected chi connectivity index (χ2v) is 2.97. The minimum atomic E-state index is 0.0815. The first-order valence-electron chi connectivity index (χ1n) is 4.08. The van der Waals surface area contributed by atoms with Gasteiger partial charge in [0.25, 0.3) is 0 Å². The number of aromatic nitrogens is 4. The van der Waals surface area contributed by atoms with Gasteiger partial charge in [0.2, 0.25) is 5.65 Å². The van der Waals surface area contributed by atoms with E-state index in [9.17, 15) is 0 Å². The summed E-state index contributed by atoms with van der Waals surface area (Å²) >= 11 is 0. The maximum absolute atomic E-state index is 5.38. The van der Waals surface area contributed by atoms with E-state index in [0.29, 0.717) is 5.65 Å². The van der Waals surface area contributed by atoms with Crippen molar-refractivity contribution in [3.8, 4) is 0 Å². The van der Waals surface area contributed by atoms with Gasteiger partial charge in [-0.15, -0.1) is 5.10 Å². The first kappa shape index (κ1) is 7.97. The maximum Gasteiger partial charge on any atom is 0.201 e. The third kappa shape index (κ3) is 1.44. The van der Waals surface area contributed by atoms with Crippen LogP contribution >= 0.6 is 0 Å². The lowest BCUT2D eigenvalue weighted by molar-refractivity contribution is 0.0433. The lowest BCUT2D eigenvalue weighted by Crippen LogP contribution is -2.20. The molecule has 0 amide bonds. The van der Waals surface area contributed by atoms with Crippen molar-refractivity contribution in [2.75, 3.05) is 0 Å². The van der Waals surface area contributed by atoms with Crippen LogP contribution in [0.25, 0.3) is 11.0 Å². The van der Waals surface area contributed by atoms with E-state index in [4.69, 9.17) is 4.84 Å². The Kier molecular flexibility index (Phi) is 1.84. The lowest BCUT2D eigenvalue weighted by atomic mass is 10.4.